The van der Waals surface area contributed by atoms with Crippen molar-refractivity contribution in [3.05, 3.63) is 60.2 Å². The molecule has 3 heterocycles. The van der Waals surface area contributed by atoms with E-state index >= 15 is 0 Å². The van der Waals surface area contributed by atoms with E-state index < -0.39 is 0 Å². The van der Waals surface area contributed by atoms with E-state index in [-0.39, 0.29) is 11.9 Å². The van der Waals surface area contributed by atoms with Crippen LogP contribution in [-0.4, -0.2) is 46.8 Å². The number of aromatic amines is 1. The Morgan fingerprint density at radius 1 is 1.10 bits per heavy atom. The van der Waals surface area contributed by atoms with Gasteiger partial charge in [-0.15, -0.1) is 0 Å². The molecule has 7 heteroatoms. The van der Waals surface area contributed by atoms with Crippen molar-refractivity contribution in [3.63, 3.8) is 0 Å². The molecule has 0 radical (unpaired) electrons. The van der Waals surface area contributed by atoms with E-state index in [1.807, 2.05) is 29.3 Å². The number of piperidine rings is 1. The number of nitrogens with zero attached hydrogens (tertiary/aromatic N) is 3. The van der Waals surface area contributed by atoms with E-state index in [0.717, 1.165) is 36.1 Å². The molecule has 1 aliphatic rings. The van der Waals surface area contributed by atoms with E-state index in [1.165, 1.54) is 0 Å². The predicted octanol–water partition coefficient (Wildman–Crippen LogP) is 3.86. The molecule has 1 aliphatic heterocycles. The van der Waals surface area contributed by atoms with Crippen LogP contribution in [0.3, 0.4) is 0 Å². The zero-order valence-corrected chi connectivity index (χ0v) is 16.6. The minimum absolute atomic E-state index is 0.0979. The molecule has 3 aromatic rings. The third-order valence-corrected chi connectivity index (χ3v) is 5.40. The van der Waals surface area contributed by atoms with Crippen LogP contribution in [0.5, 0.6) is 11.5 Å². The van der Waals surface area contributed by atoms with E-state index in [0.29, 0.717) is 23.6 Å². The Morgan fingerprint density at radius 2 is 1.83 bits per heavy atom. The zero-order valence-electron chi connectivity index (χ0n) is 16.6. The number of hydrogen-bond acceptors (Lipinski definition) is 5. The number of pyridine rings is 1. The highest BCUT2D eigenvalue weighted by molar-refractivity contribution is 6.00. The van der Waals surface area contributed by atoms with Gasteiger partial charge in [0.2, 0.25) is 0 Å². The van der Waals surface area contributed by atoms with Gasteiger partial charge >= 0.3 is 0 Å². The number of likely N-dealkylation sites (tertiary alicyclic amines) is 1. The third-order valence-electron chi connectivity index (χ3n) is 5.40. The molecule has 4 rings (SSSR count). The first kappa shape index (κ1) is 19.0. The molecule has 1 fully saturated rings. The SMILES string of the molecule is COc1cccc(OC)c1C(=O)N1CCCC[C@@H]1c1[nH]ncc1-c1ccncc1. The van der Waals surface area contributed by atoms with Crippen molar-refractivity contribution in [1.82, 2.24) is 20.1 Å². The van der Waals surface area contributed by atoms with Crippen LogP contribution in [0.15, 0.2) is 48.9 Å². The van der Waals surface area contributed by atoms with Gasteiger partial charge < -0.3 is 14.4 Å². The number of amides is 1. The van der Waals surface area contributed by atoms with Gasteiger partial charge in [0.15, 0.2) is 0 Å². The van der Waals surface area contributed by atoms with Crippen LogP contribution >= 0.6 is 0 Å². The summed E-state index contributed by atoms with van der Waals surface area (Å²) in [6, 6.07) is 9.19. The maximum atomic E-state index is 13.6. The molecule has 2 aromatic heterocycles. The number of ether oxygens (including phenoxy) is 2. The van der Waals surface area contributed by atoms with E-state index in [2.05, 4.69) is 15.2 Å². The van der Waals surface area contributed by atoms with Crippen LogP contribution in [0.25, 0.3) is 11.1 Å². The van der Waals surface area contributed by atoms with Crippen LogP contribution in [0.1, 0.15) is 41.4 Å². The van der Waals surface area contributed by atoms with Gasteiger partial charge in [0.05, 0.1) is 32.2 Å². The molecular weight excluding hydrogens is 368 g/mol. The lowest BCUT2D eigenvalue weighted by Crippen LogP contribution is -2.39. The second kappa shape index (κ2) is 8.34. The summed E-state index contributed by atoms with van der Waals surface area (Å²) in [6.07, 6.45) is 8.20. The predicted molar refractivity (Wildman–Crippen MR) is 109 cm³/mol. The summed E-state index contributed by atoms with van der Waals surface area (Å²) in [5.41, 5.74) is 3.41. The Morgan fingerprint density at radius 3 is 2.52 bits per heavy atom. The highest BCUT2D eigenvalue weighted by Gasteiger charge is 2.34. The van der Waals surface area contributed by atoms with Crippen LogP contribution in [-0.2, 0) is 0 Å². The summed E-state index contributed by atoms with van der Waals surface area (Å²) >= 11 is 0. The van der Waals surface area contributed by atoms with Crippen molar-refractivity contribution in [1.29, 1.82) is 0 Å². The Labute approximate surface area is 169 Å². The fourth-order valence-electron chi connectivity index (χ4n) is 3.99. The standard InChI is InChI=1S/C22H24N4O3/c1-28-18-7-5-8-19(29-2)20(18)22(27)26-13-4-3-6-17(26)21-16(14-24-25-21)15-9-11-23-12-10-15/h5,7-12,14,17H,3-4,6,13H2,1-2H3,(H,24,25)/t17-/m1/s1. The van der Waals surface area contributed by atoms with E-state index in [4.69, 9.17) is 9.47 Å². The molecular formula is C22H24N4O3. The molecule has 0 aliphatic carbocycles. The second-order valence-corrected chi connectivity index (χ2v) is 6.98. The number of rotatable bonds is 5. The average molecular weight is 392 g/mol. The fourth-order valence-corrected chi connectivity index (χ4v) is 3.99. The van der Waals surface area contributed by atoms with Crippen molar-refractivity contribution in [3.8, 4) is 22.6 Å². The maximum Gasteiger partial charge on any atom is 0.261 e. The number of methoxy groups -OCH3 is 2. The van der Waals surface area contributed by atoms with Crippen molar-refractivity contribution in [2.45, 2.75) is 25.3 Å². The smallest absolute Gasteiger partial charge is 0.261 e. The van der Waals surface area contributed by atoms with Crippen LogP contribution in [0.4, 0.5) is 0 Å². The van der Waals surface area contributed by atoms with Gasteiger partial charge in [-0.2, -0.15) is 5.10 Å². The summed E-state index contributed by atoms with van der Waals surface area (Å²) in [4.78, 5) is 19.6. The molecule has 150 valence electrons. The Bertz CT molecular complexity index is 964. The molecule has 1 saturated heterocycles. The first-order chi connectivity index (χ1) is 14.2. The topological polar surface area (TPSA) is 80.3 Å². The van der Waals surface area contributed by atoms with Crippen molar-refractivity contribution < 1.29 is 14.3 Å². The van der Waals surface area contributed by atoms with Crippen molar-refractivity contribution >= 4 is 5.91 Å². The lowest BCUT2D eigenvalue weighted by molar-refractivity contribution is 0.0600. The summed E-state index contributed by atoms with van der Waals surface area (Å²) in [5, 5.41) is 7.42. The summed E-state index contributed by atoms with van der Waals surface area (Å²) in [7, 11) is 3.13. The monoisotopic (exact) mass is 392 g/mol. The van der Waals surface area contributed by atoms with E-state index in [9.17, 15) is 4.79 Å². The number of H-pyrrole nitrogens is 1. The van der Waals surface area contributed by atoms with Gasteiger partial charge in [0.25, 0.3) is 5.91 Å². The average Bonchev–Trinajstić information content (AvgIpc) is 3.28. The van der Waals surface area contributed by atoms with Gasteiger partial charge in [-0.05, 0) is 49.1 Å². The minimum Gasteiger partial charge on any atom is -0.496 e. The first-order valence-electron chi connectivity index (χ1n) is 9.70. The van der Waals surface area contributed by atoms with Crippen LogP contribution in [0, 0.1) is 0 Å². The highest BCUT2D eigenvalue weighted by Crippen LogP contribution is 2.38. The molecule has 7 nitrogen and oxygen atoms in total. The number of nitrogens with one attached hydrogen (secondary N) is 1. The second-order valence-electron chi connectivity index (χ2n) is 6.98. The van der Waals surface area contributed by atoms with Crippen LogP contribution < -0.4 is 9.47 Å². The quantitative estimate of drug-likeness (QED) is 0.713. The molecule has 1 aromatic carbocycles. The molecule has 1 N–H and O–H groups in total. The van der Waals surface area contributed by atoms with Gasteiger partial charge in [-0.1, -0.05) is 6.07 Å². The molecule has 1 atom stereocenters. The Balaban J connectivity index is 1.74. The Hall–Kier alpha value is -3.35. The lowest BCUT2D eigenvalue weighted by Gasteiger charge is -2.36. The zero-order chi connectivity index (χ0) is 20.2. The normalized spacial score (nSPS) is 16.5. The maximum absolute atomic E-state index is 13.6. The minimum atomic E-state index is -0.100. The van der Waals surface area contributed by atoms with Gasteiger partial charge in [0, 0.05) is 24.5 Å². The molecule has 0 saturated carbocycles. The molecule has 0 unspecified atom stereocenters. The summed E-state index contributed by atoms with van der Waals surface area (Å²) in [6.45, 7) is 0.666. The summed E-state index contributed by atoms with van der Waals surface area (Å²) < 4.78 is 10.9. The van der Waals surface area contributed by atoms with Crippen molar-refractivity contribution in [2.75, 3.05) is 20.8 Å². The molecule has 0 spiro atoms. The summed E-state index contributed by atoms with van der Waals surface area (Å²) in [5.74, 6) is 0.926. The lowest BCUT2D eigenvalue weighted by atomic mass is 9.94. The highest BCUT2D eigenvalue weighted by atomic mass is 16.5. The van der Waals surface area contributed by atoms with Gasteiger partial charge in [0.1, 0.15) is 17.1 Å². The van der Waals surface area contributed by atoms with Gasteiger partial charge in [-0.3, -0.25) is 14.9 Å². The van der Waals surface area contributed by atoms with E-state index in [1.54, 1.807) is 38.7 Å². The molecule has 1 amide bonds. The van der Waals surface area contributed by atoms with Crippen molar-refractivity contribution in [2.24, 2.45) is 0 Å². The van der Waals surface area contributed by atoms with Gasteiger partial charge in [-0.25, -0.2) is 0 Å². The van der Waals surface area contributed by atoms with Crippen LogP contribution in [0.2, 0.25) is 0 Å². The largest absolute Gasteiger partial charge is 0.496 e. The number of carbonyl (C=O) groups is 1. The molecule has 0 bridgehead atoms. The molecule has 29 heavy (non-hydrogen) atoms. The number of hydrogen-bond donors (Lipinski definition) is 1. The Kier molecular flexibility index (Phi) is 5.46. The first-order valence-corrected chi connectivity index (χ1v) is 9.70. The number of aromatic nitrogens is 3. The number of carbonyl (C=O) groups excluding carboxylic acids is 1. The number of benzene rings is 1. The third kappa shape index (κ3) is 3.55. The fraction of sp³-hybridized carbons (Fsp3) is 0.318.